The molecule has 1 aromatic rings. The van der Waals surface area contributed by atoms with E-state index in [-0.39, 0.29) is 12.5 Å². The summed E-state index contributed by atoms with van der Waals surface area (Å²) < 4.78 is 27.6. The van der Waals surface area contributed by atoms with Gasteiger partial charge < -0.3 is 5.11 Å². The van der Waals surface area contributed by atoms with Crippen LogP contribution >= 0.6 is 27.3 Å². The molecule has 0 unspecified atom stereocenters. The van der Waals surface area contributed by atoms with E-state index in [0.29, 0.717) is 10.8 Å². The zero-order chi connectivity index (χ0) is 13.8. The van der Waals surface area contributed by atoms with Crippen LogP contribution in [0.5, 0.6) is 0 Å². The fourth-order valence-electron chi connectivity index (χ4n) is 1.38. The maximum absolute atomic E-state index is 11.9. The number of hydrogen-bond donors (Lipinski definition) is 2. The fourth-order valence-corrected chi connectivity index (χ4v) is 4.73. The summed E-state index contributed by atoms with van der Waals surface area (Å²) in [7, 11) is -3.39. The Balaban J connectivity index is 2.50. The average molecular weight is 356 g/mol. The number of rotatable bonds is 7. The Morgan fingerprint density at radius 3 is 2.72 bits per heavy atom. The van der Waals surface area contributed by atoms with Crippen LogP contribution in [0.15, 0.2) is 14.1 Å². The highest BCUT2D eigenvalue weighted by atomic mass is 79.9. The predicted octanol–water partition coefficient (Wildman–Crippen LogP) is 2.51. The summed E-state index contributed by atoms with van der Waals surface area (Å²) >= 11 is 4.53. The average Bonchev–Trinajstić information content (AvgIpc) is 2.66. The highest BCUT2D eigenvalue weighted by molar-refractivity contribution is 9.11. The van der Waals surface area contributed by atoms with Gasteiger partial charge in [0.2, 0.25) is 10.0 Å². The molecule has 0 aliphatic rings. The lowest BCUT2D eigenvalue weighted by Gasteiger charge is -2.08. The first kappa shape index (κ1) is 16.1. The SMILES string of the molecule is Cc1cc(S(=O)(=O)NCCC[C@H](C)CO)sc1Br. The monoisotopic (exact) mass is 355 g/mol. The van der Waals surface area contributed by atoms with Gasteiger partial charge in [0.05, 0.1) is 3.79 Å². The van der Waals surface area contributed by atoms with Gasteiger partial charge in [0.15, 0.2) is 0 Å². The van der Waals surface area contributed by atoms with Crippen molar-refractivity contribution in [3.05, 3.63) is 15.4 Å². The Hall–Kier alpha value is 0.0500. The summed E-state index contributed by atoms with van der Waals surface area (Å²) in [6.07, 6.45) is 1.54. The first-order valence-electron chi connectivity index (χ1n) is 5.73. The summed E-state index contributed by atoms with van der Waals surface area (Å²) in [5.41, 5.74) is 0.925. The molecule has 0 amide bonds. The third-order valence-corrected chi connectivity index (χ3v) is 6.65. The van der Waals surface area contributed by atoms with Gasteiger partial charge in [-0.25, -0.2) is 13.1 Å². The molecule has 1 atom stereocenters. The Morgan fingerprint density at radius 1 is 1.56 bits per heavy atom. The third kappa shape index (κ3) is 4.62. The Kier molecular flexibility index (Phi) is 6.26. The van der Waals surface area contributed by atoms with E-state index >= 15 is 0 Å². The molecule has 0 radical (unpaired) electrons. The van der Waals surface area contributed by atoms with E-state index in [2.05, 4.69) is 20.7 Å². The minimum absolute atomic E-state index is 0.143. The molecule has 7 heteroatoms. The van der Waals surface area contributed by atoms with Gasteiger partial charge in [-0.05, 0) is 53.2 Å². The normalized spacial score (nSPS) is 13.8. The number of sulfonamides is 1. The Bertz CT molecular complexity index is 465. The Morgan fingerprint density at radius 2 is 2.22 bits per heavy atom. The van der Waals surface area contributed by atoms with E-state index in [1.165, 1.54) is 11.3 Å². The molecule has 0 aromatic carbocycles. The molecule has 0 saturated carbocycles. The number of hydrogen-bond acceptors (Lipinski definition) is 4. The molecule has 0 aliphatic heterocycles. The maximum atomic E-state index is 11.9. The quantitative estimate of drug-likeness (QED) is 0.738. The number of nitrogens with one attached hydrogen (secondary N) is 1. The van der Waals surface area contributed by atoms with Gasteiger partial charge in [-0.3, -0.25) is 0 Å². The zero-order valence-electron chi connectivity index (χ0n) is 10.4. The molecule has 0 spiro atoms. The molecule has 1 aromatic heterocycles. The lowest BCUT2D eigenvalue weighted by atomic mass is 10.1. The van der Waals surface area contributed by atoms with Gasteiger partial charge in [0.25, 0.3) is 0 Å². The van der Waals surface area contributed by atoms with E-state index in [0.717, 1.165) is 22.2 Å². The van der Waals surface area contributed by atoms with Crippen LogP contribution in [0, 0.1) is 12.8 Å². The number of thiophene rings is 1. The highest BCUT2D eigenvalue weighted by Crippen LogP contribution is 2.30. The molecule has 104 valence electrons. The third-order valence-electron chi connectivity index (χ3n) is 2.58. The largest absolute Gasteiger partial charge is 0.396 e. The molecule has 4 nitrogen and oxygen atoms in total. The van der Waals surface area contributed by atoms with Crippen LogP contribution in [0.4, 0.5) is 0 Å². The first-order valence-corrected chi connectivity index (χ1v) is 8.82. The van der Waals surface area contributed by atoms with Crippen LogP contribution in [0.3, 0.4) is 0 Å². The van der Waals surface area contributed by atoms with Gasteiger partial charge in [-0.15, -0.1) is 11.3 Å². The van der Waals surface area contributed by atoms with Crippen molar-refractivity contribution in [3.63, 3.8) is 0 Å². The van der Waals surface area contributed by atoms with E-state index in [1.807, 2.05) is 13.8 Å². The summed E-state index contributed by atoms with van der Waals surface area (Å²) in [5, 5.41) is 8.86. The lowest BCUT2D eigenvalue weighted by molar-refractivity contribution is 0.228. The molecule has 0 saturated heterocycles. The van der Waals surface area contributed by atoms with Crippen molar-refractivity contribution >= 4 is 37.3 Å². The number of aliphatic hydroxyl groups is 1. The zero-order valence-corrected chi connectivity index (χ0v) is 13.7. The van der Waals surface area contributed by atoms with Crippen LogP contribution in [-0.4, -0.2) is 26.7 Å². The van der Waals surface area contributed by atoms with Gasteiger partial charge in [-0.1, -0.05) is 6.92 Å². The summed E-state index contributed by atoms with van der Waals surface area (Å²) in [6.45, 7) is 4.35. The number of aryl methyl sites for hydroxylation is 1. The first-order chi connectivity index (χ1) is 8.36. The molecule has 1 heterocycles. The summed E-state index contributed by atoms with van der Waals surface area (Å²) in [4.78, 5) is 0. The van der Waals surface area contributed by atoms with Crippen LogP contribution in [0.2, 0.25) is 0 Å². The van der Waals surface area contributed by atoms with Gasteiger partial charge in [-0.2, -0.15) is 0 Å². The van der Waals surface area contributed by atoms with E-state index in [1.54, 1.807) is 6.07 Å². The molecule has 0 aliphatic carbocycles. The van der Waals surface area contributed by atoms with Crippen molar-refractivity contribution in [2.75, 3.05) is 13.2 Å². The van der Waals surface area contributed by atoms with Crippen LogP contribution in [-0.2, 0) is 10.0 Å². The molecule has 0 fully saturated rings. The number of aliphatic hydroxyl groups excluding tert-OH is 1. The minimum Gasteiger partial charge on any atom is -0.396 e. The van der Waals surface area contributed by atoms with Gasteiger partial charge >= 0.3 is 0 Å². The smallest absolute Gasteiger partial charge is 0.250 e. The second kappa shape index (κ2) is 7.00. The van der Waals surface area contributed by atoms with Crippen LogP contribution in [0.25, 0.3) is 0 Å². The van der Waals surface area contributed by atoms with Crippen molar-refractivity contribution in [1.29, 1.82) is 0 Å². The number of halogens is 1. The summed E-state index contributed by atoms with van der Waals surface area (Å²) in [6, 6.07) is 1.66. The van der Waals surface area contributed by atoms with Crippen molar-refractivity contribution in [3.8, 4) is 0 Å². The lowest BCUT2D eigenvalue weighted by Crippen LogP contribution is -2.24. The standard InChI is InChI=1S/C11H18BrNO3S2/c1-8(7-14)4-3-5-13-18(15,16)10-6-9(2)11(12)17-10/h6,8,13-14H,3-5,7H2,1-2H3/t8-/m0/s1. The topological polar surface area (TPSA) is 66.4 Å². The van der Waals surface area contributed by atoms with Crippen molar-refractivity contribution in [2.45, 2.75) is 30.9 Å². The van der Waals surface area contributed by atoms with Crippen molar-refractivity contribution < 1.29 is 13.5 Å². The van der Waals surface area contributed by atoms with E-state index in [4.69, 9.17) is 5.11 Å². The van der Waals surface area contributed by atoms with Crippen LogP contribution in [0.1, 0.15) is 25.3 Å². The minimum atomic E-state index is -3.39. The molecule has 1 rings (SSSR count). The molecule has 0 bridgehead atoms. The van der Waals surface area contributed by atoms with E-state index < -0.39 is 10.0 Å². The van der Waals surface area contributed by atoms with Crippen LogP contribution < -0.4 is 4.72 Å². The molecular weight excluding hydrogens is 338 g/mol. The second-order valence-corrected chi connectivity index (χ2v) is 8.71. The van der Waals surface area contributed by atoms with Gasteiger partial charge in [0.1, 0.15) is 4.21 Å². The highest BCUT2D eigenvalue weighted by Gasteiger charge is 2.17. The summed E-state index contributed by atoms with van der Waals surface area (Å²) in [5.74, 6) is 0.215. The van der Waals surface area contributed by atoms with Gasteiger partial charge in [0, 0.05) is 13.2 Å². The van der Waals surface area contributed by atoms with Crippen molar-refractivity contribution in [1.82, 2.24) is 4.72 Å². The molecular formula is C11H18BrNO3S2. The van der Waals surface area contributed by atoms with Crippen molar-refractivity contribution in [2.24, 2.45) is 5.92 Å². The second-order valence-electron chi connectivity index (χ2n) is 4.35. The fraction of sp³-hybridized carbons (Fsp3) is 0.636. The maximum Gasteiger partial charge on any atom is 0.250 e. The predicted molar refractivity (Wildman–Crippen MR) is 77.4 cm³/mol. The van der Waals surface area contributed by atoms with E-state index in [9.17, 15) is 8.42 Å². The molecule has 18 heavy (non-hydrogen) atoms. The Labute approximate surface area is 121 Å². The molecule has 2 N–H and O–H groups in total.